The van der Waals surface area contributed by atoms with Crippen molar-refractivity contribution in [2.75, 3.05) is 21.3 Å². The summed E-state index contributed by atoms with van der Waals surface area (Å²) in [6.45, 7) is 10.8. The first-order chi connectivity index (χ1) is 21.4. The third kappa shape index (κ3) is 7.04. The number of aromatic nitrogens is 3. The summed E-state index contributed by atoms with van der Waals surface area (Å²) in [7, 11) is 0. The second-order valence-corrected chi connectivity index (χ2v) is 10.8. The number of carbonyl (C=O) groups is 3. The maximum absolute atomic E-state index is 14.7. The molecule has 0 bridgehead atoms. The van der Waals surface area contributed by atoms with Gasteiger partial charge in [-0.2, -0.15) is 4.98 Å². The number of hydrogen-bond acceptors (Lipinski definition) is 9. The van der Waals surface area contributed by atoms with Crippen LogP contribution in [0.1, 0.15) is 40.9 Å². The molecule has 0 aliphatic carbocycles. The lowest BCUT2D eigenvalue weighted by Crippen LogP contribution is -2.46. The third-order valence-electron chi connectivity index (χ3n) is 6.98. The van der Waals surface area contributed by atoms with E-state index in [1.807, 2.05) is 26.0 Å². The van der Waals surface area contributed by atoms with E-state index in [1.165, 1.54) is 6.08 Å². The Morgan fingerprint density at radius 3 is 2.60 bits per heavy atom. The fourth-order valence-corrected chi connectivity index (χ4v) is 4.35. The van der Waals surface area contributed by atoms with Crippen molar-refractivity contribution in [1.82, 2.24) is 20.3 Å². The molecule has 5 N–H and O–H groups in total. The first-order valence-electron chi connectivity index (χ1n) is 13.9. The lowest BCUT2D eigenvalue weighted by molar-refractivity contribution is -0.129. The van der Waals surface area contributed by atoms with Crippen LogP contribution in [-0.4, -0.2) is 38.3 Å². The molecule has 0 radical (unpaired) electrons. The summed E-state index contributed by atoms with van der Waals surface area (Å²) in [6.07, 6.45) is 2.21. The fraction of sp³-hybridized carbons (Fsp3) is 0.188. The molecule has 0 unspecified atom stereocenters. The summed E-state index contributed by atoms with van der Waals surface area (Å²) < 4.78 is 20.4. The molecule has 12 nitrogen and oxygen atoms in total. The van der Waals surface area contributed by atoms with Gasteiger partial charge in [0, 0.05) is 23.5 Å². The van der Waals surface area contributed by atoms with E-state index in [0.717, 1.165) is 22.9 Å². The molecule has 230 valence electrons. The van der Waals surface area contributed by atoms with E-state index in [-0.39, 0.29) is 41.1 Å². The summed E-state index contributed by atoms with van der Waals surface area (Å²) in [5.41, 5.74) is 3.06. The van der Waals surface area contributed by atoms with Crippen molar-refractivity contribution in [3.8, 4) is 5.75 Å². The van der Waals surface area contributed by atoms with Gasteiger partial charge in [-0.05, 0) is 86.9 Å². The highest BCUT2D eigenvalue weighted by atomic mass is 19.1. The number of anilines is 6. The van der Waals surface area contributed by atoms with Crippen molar-refractivity contribution in [3.63, 3.8) is 0 Å². The number of fused-ring (bicyclic) bond motifs is 1. The monoisotopic (exact) mass is 610 g/mol. The highest BCUT2D eigenvalue weighted by Crippen LogP contribution is 2.33. The van der Waals surface area contributed by atoms with Crippen LogP contribution in [-0.2, 0) is 16.1 Å². The van der Waals surface area contributed by atoms with Gasteiger partial charge >= 0.3 is 0 Å². The standard InChI is InChI=1S/C32H31FN8O4/c1-6-26(42)34-15-20-9-10-21(13-18(20)3)36-29(43)19-8-7-17(2)23(14-19)37-31-35-16-22(33)27(41-31)38-25-12-11-24-28(39-25)40-30(44)32(4,5)45-24/h6-14,16H,1,15H2,2-5H3,(H,34,42)(H,36,43)(H3,35,37,38,39,40,41,44). The summed E-state index contributed by atoms with van der Waals surface area (Å²) >= 11 is 0. The van der Waals surface area contributed by atoms with Gasteiger partial charge in [-0.15, -0.1) is 0 Å². The Morgan fingerprint density at radius 1 is 1.04 bits per heavy atom. The van der Waals surface area contributed by atoms with Gasteiger partial charge in [0.15, 0.2) is 28.8 Å². The van der Waals surface area contributed by atoms with E-state index in [2.05, 4.69) is 48.1 Å². The van der Waals surface area contributed by atoms with Crippen LogP contribution in [0.2, 0.25) is 0 Å². The molecule has 1 aliphatic heterocycles. The predicted molar refractivity (Wildman–Crippen MR) is 168 cm³/mol. The Balaban J connectivity index is 1.29. The molecule has 3 heterocycles. The topological polar surface area (TPSA) is 159 Å². The molecule has 1 aliphatic rings. The van der Waals surface area contributed by atoms with E-state index < -0.39 is 11.4 Å². The Bertz CT molecular complexity index is 1840. The molecule has 5 rings (SSSR count). The van der Waals surface area contributed by atoms with Gasteiger partial charge in [0.2, 0.25) is 11.9 Å². The molecule has 3 amide bonds. The van der Waals surface area contributed by atoms with Crippen LogP contribution < -0.4 is 31.3 Å². The van der Waals surface area contributed by atoms with Crippen LogP contribution in [0.25, 0.3) is 0 Å². The average Bonchev–Trinajstić information content (AvgIpc) is 3.00. The minimum absolute atomic E-state index is 0.0747. The highest BCUT2D eigenvalue weighted by Gasteiger charge is 2.36. The number of halogens is 1. The zero-order chi connectivity index (χ0) is 32.3. The van der Waals surface area contributed by atoms with E-state index in [1.54, 1.807) is 50.2 Å². The van der Waals surface area contributed by atoms with Crippen LogP contribution >= 0.6 is 0 Å². The Hall–Kier alpha value is -5.85. The minimum atomic E-state index is -1.05. The van der Waals surface area contributed by atoms with Gasteiger partial charge in [-0.1, -0.05) is 18.7 Å². The minimum Gasteiger partial charge on any atom is -0.474 e. The molecule has 2 aromatic carbocycles. The average molecular weight is 611 g/mol. The van der Waals surface area contributed by atoms with Gasteiger partial charge in [-0.25, -0.2) is 14.4 Å². The van der Waals surface area contributed by atoms with Crippen molar-refractivity contribution in [2.45, 2.75) is 39.8 Å². The van der Waals surface area contributed by atoms with Crippen LogP contribution in [0, 0.1) is 19.7 Å². The molecule has 0 fully saturated rings. The van der Waals surface area contributed by atoms with Gasteiger partial charge in [-0.3, -0.25) is 14.4 Å². The molecule has 0 spiro atoms. The number of pyridine rings is 1. The number of nitrogens with one attached hydrogen (secondary N) is 5. The zero-order valence-corrected chi connectivity index (χ0v) is 25.0. The maximum Gasteiger partial charge on any atom is 0.269 e. The summed E-state index contributed by atoms with van der Waals surface area (Å²) in [4.78, 5) is 49.4. The van der Waals surface area contributed by atoms with Gasteiger partial charge in [0.25, 0.3) is 11.8 Å². The number of benzene rings is 2. The second-order valence-electron chi connectivity index (χ2n) is 10.8. The third-order valence-corrected chi connectivity index (χ3v) is 6.98. The van der Waals surface area contributed by atoms with E-state index >= 15 is 0 Å². The van der Waals surface area contributed by atoms with Crippen molar-refractivity contribution in [2.24, 2.45) is 0 Å². The Labute approximate surface area is 258 Å². The van der Waals surface area contributed by atoms with E-state index in [9.17, 15) is 18.8 Å². The van der Waals surface area contributed by atoms with Crippen molar-refractivity contribution < 1.29 is 23.5 Å². The number of aryl methyl sites for hydroxylation is 2. The molecule has 2 aromatic heterocycles. The summed E-state index contributed by atoms with van der Waals surface area (Å²) in [6, 6.07) is 13.7. The number of hydrogen-bond donors (Lipinski definition) is 5. The first kappa shape index (κ1) is 30.6. The smallest absolute Gasteiger partial charge is 0.269 e. The first-order valence-corrected chi connectivity index (χ1v) is 13.9. The molecule has 45 heavy (non-hydrogen) atoms. The molecule has 13 heteroatoms. The molecule has 0 saturated carbocycles. The van der Waals surface area contributed by atoms with Gasteiger partial charge < -0.3 is 31.3 Å². The summed E-state index contributed by atoms with van der Waals surface area (Å²) in [5, 5.41) is 14.2. The Morgan fingerprint density at radius 2 is 1.84 bits per heavy atom. The number of rotatable bonds is 9. The molecule has 4 aromatic rings. The van der Waals surface area contributed by atoms with Crippen LogP contribution in [0.3, 0.4) is 0 Å². The van der Waals surface area contributed by atoms with E-state index in [4.69, 9.17) is 4.74 Å². The van der Waals surface area contributed by atoms with Crippen molar-refractivity contribution >= 4 is 52.5 Å². The fourth-order valence-electron chi connectivity index (χ4n) is 4.35. The predicted octanol–water partition coefficient (Wildman–Crippen LogP) is 5.28. The van der Waals surface area contributed by atoms with Gasteiger partial charge in [0.05, 0.1) is 6.20 Å². The molecule has 0 saturated heterocycles. The number of carbonyl (C=O) groups excluding carboxylic acids is 3. The van der Waals surface area contributed by atoms with Gasteiger partial charge in [0.1, 0.15) is 5.82 Å². The second kappa shape index (κ2) is 12.4. The SMILES string of the molecule is C=CC(=O)NCc1ccc(NC(=O)c2ccc(C)c(Nc3ncc(F)c(Nc4ccc5c(n4)NC(=O)C(C)(C)O5)n3)c2)cc1C. The number of ether oxygens (including phenoxy) is 1. The number of nitrogens with zero attached hydrogens (tertiary/aromatic N) is 3. The highest BCUT2D eigenvalue weighted by molar-refractivity contribution is 6.05. The van der Waals surface area contributed by atoms with E-state index in [0.29, 0.717) is 29.2 Å². The normalized spacial score (nSPS) is 13.0. The lowest BCUT2D eigenvalue weighted by atomic mass is 10.1. The lowest BCUT2D eigenvalue weighted by Gasteiger charge is -2.30. The molecule has 0 atom stereocenters. The summed E-state index contributed by atoms with van der Waals surface area (Å²) in [5.74, 6) is -0.964. The Kier molecular flexibility index (Phi) is 8.44. The zero-order valence-electron chi connectivity index (χ0n) is 25.0. The quantitative estimate of drug-likeness (QED) is 0.159. The molecular weight excluding hydrogens is 579 g/mol. The van der Waals surface area contributed by atoms with Crippen molar-refractivity contribution in [1.29, 1.82) is 0 Å². The number of amides is 3. The van der Waals surface area contributed by atoms with Crippen LogP contribution in [0.15, 0.2) is 67.4 Å². The van der Waals surface area contributed by atoms with Crippen LogP contribution in [0.5, 0.6) is 5.75 Å². The largest absolute Gasteiger partial charge is 0.474 e. The van der Waals surface area contributed by atoms with Crippen LogP contribution in [0.4, 0.5) is 39.2 Å². The van der Waals surface area contributed by atoms with Crippen molar-refractivity contribution in [3.05, 3.63) is 95.5 Å². The molecular formula is C32H31FN8O4. The maximum atomic E-state index is 14.7.